The second kappa shape index (κ2) is 9.76. The van der Waals surface area contributed by atoms with Gasteiger partial charge in [0.25, 0.3) is 0 Å². The van der Waals surface area contributed by atoms with Crippen molar-refractivity contribution in [2.45, 2.75) is 58.4 Å². The fourth-order valence-corrected chi connectivity index (χ4v) is 2.44. The van der Waals surface area contributed by atoms with Gasteiger partial charge in [0, 0.05) is 11.6 Å². The number of rotatable bonds is 10. The molecule has 1 unspecified atom stereocenters. The number of ether oxygens (including phenoxy) is 1. The molecule has 20 heavy (non-hydrogen) atoms. The summed E-state index contributed by atoms with van der Waals surface area (Å²) in [6.07, 6.45) is 7.62. The molecule has 0 spiro atoms. The van der Waals surface area contributed by atoms with Gasteiger partial charge in [0.05, 0.1) is 7.11 Å². The van der Waals surface area contributed by atoms with Crippen LogP contribution < -0.4 is 10.1 Å². The monoisotopic (exact) mass is 281 g/mol. The lowest BCUT2D eigenvalue weighted by Crippen LogP contribution is -2.21. The Labute approximate surface area is 122 Å². The van der Waals surface area contributed by atoms with Gasteiger partial charge in [-0.15, -0.1) is 0 Å². The van der Waals surface area contributed by atoms with Crippen LogP contribution in [-0.4, -0.2) is 13.7 Å². The van der Waals surface area contributed by atoms with Gasteiger partial charge in [0.15, 0.2) is 0 Å². The maximum absolute atomic E-state index is 13.9. The molecule has 3 heteroatoms. The van der Waals surface area contributed by atoms with E-state index in [9.17, 15) is 4.39 Å². The molecule has 1 rings (SSSR count). The van der Waals surface area contributed by atoms with Crippen LogP contribution in [0.25, 0.3) is 0 Å². The Morgan fingerprint density at radius 1 is 1.15 bits per heavy atom. The first-order valence-electron chi connectivity index (χ1n) is 7.76. The lowest BCUT2D eigenvalue weighted by atomic mass is 10.1. The molecule has 0 aromatic heterocycles. The van der Waals surface area contributed by atoms with E-state index in [2.05, 4.69) is 12.2 Å². The van der Waals surface area contributed by atoms with Gasteiger partial charge in [-0.1, -0.05) is 45.1 Å². The van der Waals surface area contributed by atoms with Crippen molar-refractivity contribution in [2.24, 2.45) is 0 Å². The van der Waals surface area contributed by atoms with Crippen LogP contribution in [0.4, 0.5) is 4.39 Å². The zero-order valence-electron chi connectivity index (χ0n) is 13.0. The molecule has 114 valence electrons. The maximum Gasteiger partial charge on any atom is 0.131 e. The first-order valence-corrected chi connectivity index (χ1v) is 7.76. The maximum atomic E-state index is 13.9. The normalized spacial score (nSPS) is 12.4. The summed E-state index contributed by atoms with van der Waals surface area (Å²) in [6.45, 7) is 5.13. The predicted octanol–water partition coefficient (Wildman–Crippen LogP) is 4.85. The van der Waals surface area contributed by atoms with Crippen LogP contribution in [0.2, 0.25) is 0 Å². The highest BCUT2D eigenvalue weighted by atomic mass is 19.1. The van der Waals surface area contributed by atoms with Crippen molar-refractivity contribution >= 4 is 0 Å². The summed E-state index contributed by atoms with van der Waals surface area (Å²) in [5, 5.41) is 3.39. The lowest BCUT2D eigenvalue weighted by molar-refractivity contribution is 0.393. The Hall–Kier alpha value is -1.09. The van der Waals surface area contributed by atoms with E-state index < -0.39 is 0 Å². The Morgan fingerprint density at radius 3 is 2.55 bits per heavy atom. The van der Waals surface area contributed by atoms with Gasteiger partial charge in [0.1, 0.15) is 11.6 Å². The summed E-state index contributed by atoms with van der Waals surface area (Å²) in [4.78, 5) is 0. The van der Waals surface area contributed by atoms with Crippen molar-refractivity contribution in [1.82, 2.24) is 5.32 Å². The van der Waals surface area contributed by atoms with E-state index >= 15 is 0 Å². The van der Waals surface area contributed by atoms with Crippen molar-refractivity contribution < 1.29 is 9.13 Å². The predicted molar refractivity (Wildman–Crippen MR) is 82.7 cm³/mol. The summed E-state index contributed by atoms with van der Waals surface area (Å²) < 4.78 is 19.1. The largest absolute Gasteiger partial charge is 0.496 e. The van der Waals surface area contributed by atoms with Crippen molar-refractivity contribution in [1.29, 1.82) is 0 Å². The molecule has 0 saturated carbocycles. The van der Waals surface area contributed by atoms with Crippen molar-refractivity contribution in [2.75, 3.05) is 13.7 Å². The average Bonchev–Trinajstić information content (AvgIpc) is 2.45. The molecule has 2 nitrogen and oxygen atoms in total. The minimum absolute atomic E-state index is 0.0261. The number of benzene rings is 1. The molecule has 0 aliphatic carbocycles. The van der Waals surface area contributed by atoms with Gasteiger partial charge < -0.3 is 10.1 Å². The van der Waals surface area contributed by atoms with E-state index in [0.29, 0.717) is 11.3 Å². The molecular formula is C17H28FNO. The van der Waals surface area contributed by atoms with Crippen LogP contribution in [0.1, 0.15) is 64.0 Å². The highest BCUT2D eigenvalue weighted by molar-refractivity contribution is 5.36. The molecule has 1 atom stereocenters. The van der Waals surface area contributed by atoms with E-state index in [1.54, 1.807) is 19.2 Å². The van der Waals surface area contributed by atoms with E-state index in [1.165, 1.54) is 38.2 Å². The van der Waals surface area contributed by atoms with Crippen LogP contribution in [-0.2, 0) is 0 Å². The van der Waals surface area contributed by atoms with Crippen molar-refractivity contribution in [3.63, 3.8) is 0 Å². The van der Waals surface area contributed by atoms with Gasteiger partial charge in [-0.2, -0.15) is 0 Å². The second-order valence-corrected chi connectivity index (χ2v) is 5.30. The SMILES string of the molecule is CCCCCCCCNC(C)c1c(F)cccc1OC. The molecule has 0 fully saturated rings. The molecule has 0 amide bonds. The third-order valence-electron chi connectivity index (χ3n) is 3.65. The topological polar surface area (TPSA) is 21.3 Å². The Morgan fingerprint density at radius 2 is 1.85 bits per heavy atom. The third kappa shape index (κ3) is 5.49. The molecule has 0 heterocycles. The van der Waals surface area contributed by atoms with Gasteiger partial charge >= 0.3 is 0 Å². The van der Waals surface area contributed by atoms with Crippen LogP contribution in [0.5, 0.6) is 5.75 Å². The zero-order chi connectivity index (χ0) is 14.8. The molecule has 0 saturated heterocycles. The molecule has 0 aliphatic heterocycles. The smallest absolute Gasteiger partial charge is 0.131 e. The average molecular weight is 281 g/mol. The standard InChI is InChI=1S/C17H28FNO/c1-4-5-6-7-8-9-13-19-14(2)17-15(18)11-10-12-16(17)20-3/h10-12,14,19H,4-9,13H2,1-3H3. The fraction of sp³-hybridized carbons (Fsp3) is 0.647. The summed E-state index contributed by atoms with van der Waals surface area (Å²) in [6, 6.07) is 4.95. The quantitative estimate of drug-likeness (QED) is 0.619. The molecule has 0 bridgehead atoms. The Kier molecular flexibility index (Phi) is 8.28. The van der Waals surface area contributed by atoms with Crippen LogP contribution in [0.15, 0.2) is 18.2 Å². The van der Waals surface area contributed by atoms with Crippen LogP contribution in [0.3, 0.4) is 0 Å². The highest BCUT2D eigenvalue weighted by Gasteiger charge is 2.15. The third-order valence-corrected chi connectivity index (χ3v) is 3.65. The van der Waals surface area contributed by atoms with E-state index in [-0.39, 0.29) is 11.9 Å². The molecule has 1 N–H and O–H groups in total. The molecule has 0 aliphatic rings. The number of hydrogen-bond acceptors (Lipinski definition) is 2. The van der Waals surface area contributed by atoms with Crippen LogP contribution >= 0.6 is 0 Å². The lowest BCUT2D eigenvalue weighted by Gasteiger charge is -2.18. The summed E-state index contributed by atoms with van der Waals surface area (Å²) in [5.41, 5.74) is 0.626. The minimum atomic E-state index is -0.202. The molecule has 0 radical (unpaired) electrons. The van der Waals surface area contributed by atoms with Gasteiger partial charge in [-0.3, -0.25) is 0 Å². The first-order chi connectivity index (χ1) is 9.70. The second-order valence-electron chi connectivity index (χ2n) is 5.30. The van der Waals surface area contributed by atoms with E-state index in [0.717, 1.165) is 13.0 Å². The highest BCUT2D eigenvalue weighted by Crippen LogP contribution is 2.27. The Balaban J connectivity index is 2.34. The minimum Gasteiger partial charge on any atom is -0.496 e. The number of methoxy groups -OCH3 is 1. The summed E-state index contributed by atoms with van der Waals surface area (Å²) >= 11 is 0. The first kappa shape index (κ1) is 17.0. The van der Waals surface area contributed by atoms with E-state index in [1.807, 2.05) is 6.92 Å². The summed E-state index contributed by atoms with van der Waals surface area (Å²) in [5.74, 6) is 0.417. The van der Waals surface area contributed by atoms with Crippen LogP contribution in [0, 0.1) is 5.82 Å². The van der Waals surface area contributed by atoms with Crippen molar-refractivity contribution in [3.8, 4) is 5.75 Å². The van der Waals surface area contributed by atoms with Gasteiger partial charge in [0.2, 0.25) is 0 Å². The van der Waals surface area contributed by atoms with Gasteiger partial charge in [-0.05, 0) is 32.0 Å². The van der Waals surface area contributed by atoms with Crippen molar-refractivity contribution in [3.05, 3.63) is 29.6 Å². The number of unbranched alkanes of at least 4 members (excludes halogenated alkanes) is 5. The number of hydrogen-bond donors (Lipinski definition) is 1. The number of halogens is 1. The molecule has 1 aromatic carbocycles. The number of nitrogens with one attached hydrogen (secondary N) is 1. The molecule has 1 aromatic rings. The zero-order valence-corrected chi connectivity index (χ0v) is 13.0. The van der Waals surface area contributed by atoms with E-state index in [4.69, 9.17) is 4.74 Å². The summed E-state index contributed by atoms with van der Waals surface area (Å²) in [7, 11) is 1.58. The molecular weight excluding hydrogens is 253 g/mol. The fourth-order valence-electron chi connectivity index (χ4n) is 2.44. The Bertz CT molecular complexity index is 381. The van der Waals surface area contributed by atoms with Gasteiger partial charge in [-0.25, -0.2) is 4.39 Å².